The number of esters is 1. The van der Waals surface area contributed by atoms with Crippen LogP contribution in [0.1, 0.15) is 18.1 Å². The number of benzene rings is 2. The summed E-state index contributed by atoms with van der Waals surface area (Å²) < 4.78 is 4.92. The Kier molecular flexibility index (Phi) is 4.88. The predicted molar refractivity (Wildman–Crippen MR) is 84.6 cm³/mol. The van der Waals surface area contributed by atoms with Gasteiger partial charge in [-0.1, -0.05) is 60.7 Å². The second kappa shape index (κ2) is 6.84. The summed E-state index contributed by atoms with van der Waals surface area (Å²) in [5.41, 5.74) is 1.09. The number of hydrogen-bond donors (Lipinski definition) is 0. The number of hydrogen-bond acceptors (Lipinski definition) is 3. The monoisotopic (exact) mass is 281 g/mol. The summed E-state index contributed by atoms with van der Waals surface area (Å²) in [7, 11) is 1.39. The molecule has 0 aliphatic carbocycles. The minimum absolute atomic E-state index is 0.335. The number of aliphatic imine (C=N–C) groups is 1. The van der Waals surface area contributed by atoms with Crippen LogP contribution in [0.5, 0.6) is 0 Å². The molecule has 0 amide bonds. The molecule has 0 radical (unpaired) electrons. The minimum Gasteiger partial charge on any atom is -0.467 e. The highest BCUT2D eigenvalue weighted by Gasteiger charge is 2.33. The Hall–Kier alpha value is -2.42. The number of rotatable bonds is 5. The van der Waals surface area contributed by atoms with Gasteiger partial charge in [0.1, 0.15) is 0 Å². The molecule has 2 rings (SSSR count). The molecule has 108 valence electrons. The van der Waals surface area contributed by atoms with Crippen molar-refractivity contribution in [2.75, 3.05) is 7.11 Å². The molecule has 1 atom stereocenters. The highest BCUT2D eigenvalue weighted by Crippen LogP contribution is 2.19. The fraction of sp³-hybridized carbons (Fsp3) is 0.222. The zero-order chi connectivity index (χ0) is 15.1. The van der Waals surface area contributed by atoms with E-state index in [1.165, 1.54) is 7.11 Å². The van der Waals surface area contributed by atoms with Crippen LogP contribution in [0.4, 0.5) is 0 Å². The predicted octanol–water partition coefficient (Wildman–Crippen LogP) is 3.28. The first-order valence-electron chi connectivity index (χ1n) is 6.87. The topological polar surface area (TPSA) is 38.7 Å². The number of ether oxygens (including phenoxy) is 1. The lowest BCUT2D eigenvalue weighted by Crippen LogP contribution is -2.37. The number of carbonyl (C=O) groups excluding carboxylic acids is 1. The van der Waals surface area contributed by atoms with Crippen LogP contribution in [0.25, 0.3) is 0 Å². The van der Waals surface area contributed by atoms with Gasteiger partial charge >= 0.3 is 5.97 Å². The smallest absolute Gasteiger partial charge is 0.333 e. The van der Waals surface area contributed by atoms with E-state index in [1.807, 2.05) is 60.7 Å². The fourth-order valence-electron chi connectivity index (χ4n) is 2.14. The summed E-state index contributed by atoms with van der Waals surface area (Å²) >= 11 is 0. The first-order valence-corrected chi connectivity index (χ1v) is 6.87. The summed E-state index contributed by atoms with van der Waals surface area (Å²) in [6.07, 6.45) is 2.23. The maximum Gasteiger partial charge on any atom is 0.333 e. The van der Waals surface area contributed by atoms with Gasteiger partial charge in [0, 0.05) is 12.6 Å². The van der Waals surface area contributed by atoms with Gasteiger partial charge in [-0.15, -0.1) is 0 Å². The fourth-order valence-corrected chi connectivity index (χ4v) is 2.14. The van der Waals surface area contributed by atoms with Crippen LogP contribution in [0.2, 0.25) is 0 Å². The van der Waals surface area contributed by atoms with Gasteiger partial charge < -0.3 is 4.74 Å². The summed E-state index contributed by atoms with van der Waals surface area (Å²) in [6, 6.07) is 19.5. The van der Waals surface area contributed by atoms with Gasteiger partial charge in [-0.05, 0) is 18.1 Å². The molecule has 0 aliphatic rings. The first kappa shape index (κ1) is 15.0. The third kappa shape index (κ3) is 4.02. The molecule has 0 aromatic heterocycles. The normalized spacial score (nSPS) is 13.8. The van der Waals surface area contributed by atoms with Crippen molar-refractivity contribution >= 4 is 12.2 Å². The van der Waals surface area contributed by atoms with Crippen molar-refractivity contribution in [1.82, 2.24) is 0 Å². The van der Waals surface area contributed by atoms with Gasteiger partial charge in [0.25, 0.3) is 0 Å². The van der Waals surface area contributed by atoms with Crippen molar-refractivity contribution in [2.45, 2.75) is 18.9 Å². The number of nitrogens with zero attached hydrogens (tertiary/aromatic N) is 1. The summed E-state index contributed by atoms with van der Waals surface area (Å²) in [5, 5.41) is 0. The lowest BCUT2D eigenvalue weighted by atomic mass is 9.93. The van der Waals surface area contributed by atoms with E-state index in [-0.39, 0.29) is 5.97 Å². The molecular formula is C18H19NO2. The Bertz CT molecular complexity index is 608. The third-order valence-corrected chi connectivity index (χ3v) is 3.31. The van der Waals surface area contributed by atoms with Crippen LogP contribution in [-0.4, -0.2) is 24.8 Å². The maximum absolute atomic E-state index is 12.1. The van der Waals surface area contributed by atoms with Crippen LogP contribution in [0.15, 0.2) is 65.7 Å². The van der Waals surface area contributed by atoms with E-state index in [0.717, 1.165) is 11.1 Å². The highest BCUT2D eigenvalue weighted by molar-refractivity contribution is 5.86. The van der Waals surface area contributed by atoms with Gasteiger partial charge in [0.05, 0.1) is 7.11 Å². The van der Waals surface area contributed by atoms with Crippen LogP contribution < -0.4 is 0 Å². The van der Waals surface area contributed by atoms with Gasteiger partial charge in [0.2, 0.25) is 0 Å². The van der Waals surface area contributed by atoms with E-state index in [1.54, 1.807) is 13.1 Å². The molecule has 21 heavy (non-hydrogen) atoms. The Morgan fingerprint density at radius 3 is 2.24 bits per heavy atom. The average molecular weight is 281 g/mol. The molecule has 0 fully saturated rings. The van der Waals surface area contributed by atoms with Gasteiger partial charge in [-0.3, -0.25) is 4.99 Å². The Morgan fingerprint density at radius 2 is 1.67 bits per heavy atom. The zero-order valence-corrected chi connectivity index (χ0v) is 12.3. The van der Waals surface area contributed by atoms with Crippen molar-refractivity contribution < 1.29 is 9.53 Å². The van der Waals surface area contributed by atoms with E-state index < -0.39 is 5.54 Å². The average Bonchev–Trinajstić information content (AvgIpc) is 2.54. The van der Waals surface area contributed by atoms with Crippen molar-refractivity contribution in [2.24, 2.45) is 4.99 Å². The molecule has 0 bridgehead atoms. The Labute approximate surface area is 125 Å². The highest BCUT2D eigenvalue weighted by atomic mass is 16.5. The molecule has 3 nitrogen and oxygen atoms in total. The minimum atomic E-state index is -0.925. The maximum atomic E-state index is 12.1. The standard InChI is InChI=1S/C18H19NO2/c1-18(17(20)21-2,13-15-9-5-3-6-10-15)19-14-16-11-7-4-8-12-16/h3-12,14H,13H2,1-2H3. The third-order valence-electron chi connectivity index (χ3n) is 3.31. The second-order valence-electron chi connectivity index (χ2n) is 5.10. The van der Waals surface area contributed by atoms with E-state index in [0.29, 0.717) is 6.42 Å². The second-order valence-corrected chi connectivity index (χ2v) is 5.10. The lowest BCUT2D eigenvalue weighted by molar-refractivity contribution is -0.146. The zero-order valence-electron chi connectivity index (χ0n) is 12.3. The molecule has 0 spiro atoms. The molecule has 2 aromatic carbocycles. The van der Waals surface area contributed by atoms with E-state index in [9.17, 15) is 4.79 Å². The molecule has 0 saturated carbocycles. The SMILES string of the molecule is COC(=O)C(C)(Cc1ccccc1)N=Cc1ccccc1. The molecule has 1 unspecified atom stereocenters. The molecule has 2 aromatic rings. The van der Waals surface area contributed by atoms with Gasteiger partial charge in [-0.25, -0.2) is 4.79 Å². The first-order chi connectivity index (χ1) is 10.1. The van der Waals surface area contributed by atoms with Crippen LogP contribution in [0, 0.1) is 0 Å². The Morgan fingerprint density at radius 1 is 1.10 bits per heavy atom. The molecule has 0 saturated heterocycles. The summed E-state index contributed by atoms with van der Waals surface area (Å²) in [6.45, 7) is 1.80. The van der Waals surface area contributed by atoms with Gasteiger partial charge in [0.15, 0.2) is 5.54 Å². The van der Waals surface area contributed by atoms with Crippen LogP contribution in [-0.2, 0) is 16.0 Å². The molecule has 3 heteroatoms. The van der Waals surface area contributed by atoms with Gasteiger partial charge in [-0.2, -0.15) is 0 Å². The molecular weight excluding hydrogens is 262 g/mol. The Balaban J connectivity index is 2.25. The molecule has 0 heterocycles. The summed E-state index contributed by atoms with van der Waals surface area (Å²) in [5.74, 6) is -0.335. The van der Waals surface area contributed by atoms with Crippen LogP contribution in [0.3, 0.4) is 0 Å². The van der Waals surface area contributed by atoms with Crippen molar-refractivity contribution in [3.8, 4) is 0 Å². The van der Waals surface area contributed by atoms with Crippen molar-refractivity contribution in [3.63, 3.8) is 0 Å². The molecule has 0 N–H and O–H groups in total. The lowest BCUT2D eigenvalue weighted by Gasteiger charge is -2.22. The molecule has 0 aliphatic heterocycles. The van der Waals surface area contributed by atoms with Crippen LogP contribution >= 0.6 is 0 Å². The van der Waals surface area contributed by atoms with Crippen molar-refractivity contribution in [1.29, 1.82) is 0 Å². The van der Waals surface area contributed by atoms with E-state index >= 15 is 0 Å². The number of methoxy groups -OCH3 is 1. The quantitative estimate of drug-likeness (QED) is 0.623. The largest absolute Gasteiger partial charge is 0.467 e. The van der Waals surface area contributed by atoms with Crippen molar-refractivity contribution in [3.05, 3.63) is 71.8 Å². The number of carbonyl (C=O) groups is 1. The van der Waals surface area contributed by atoms with E-state index in [4.69, 9.17) is 4.74 Å². The van der Waals surface area contributed by atoms with E-state index in [2.05, 4.69) is 4.99 Å². The summed E-state index contributed by atoms with van der Waals surface area (Å²) in [4.78, 5) is 16.6.